The first-order valence-corrected chi connectivity index (χ1v) is 5.86. The van der Waals surface area contributed by atoms with Gasteiger partial charge in [0, 0.05) is 26.3 Å². The zero-order valence-corrected chi connectivity index (χ0v) is 9.50. The molecule has 4 heteroatoms. The lowest BCUT2D eigenvalue weighted by molar-refractivity contribution is 0.0823. The zero-order chi connectivity index (χ0) is 10.7. The molecule has 0 bridgehead atoms. The van der Waals surface area contributed by atoms with Crippen LogP contribution in [0.3, 0.4) is 0 Å². The van der Waals surface area contributed by atoms with Gasteiger partial charge in [-0.2, -0.15) is 0 Å². The van der Waals surface area contributed by atoms with E-state index in [-0.39, 0.29) is 5.54 Å². The number of nitrogens with one attached hydrogen (secondary N) is 1. The van der Waals surface area contributed by atoms with Gasteiger partial charge in [-0.1, -0.05) is 0 Å². The van der Waals surface area contributed by atoms with Gasteiger partial charge in [0.1, 0.15) is 0 Å². The highest BCUT2D eigenvalue weighted by Crippen LogP contribution is 2.22. The molecule has 1 saturated carbocycles. The van der Waals surface area contributed by atoms with E-state index in [1.807, 2.05) is 0 Å². The Bertz CT molecular complexity index is 205. The molecule has 2 aliphatic rings. The van der Waals surface area contributed by atoms with Gasteiger partial charge in [-0.15, -0.1) is 0 Å². The molecule has 1 aliphatic carbocycles. The van der Waals surface area contributed by atoms with Crippen molar-refractivity contribution in [2.45, 2.75) is 43.4 Å². The fourth-order valence-corrected chi connectivity index (χ4v) is 2.54. The Labute approximate surface area is 91.5 Å². The molecule has 2 fully saturated rings. The van der Waals surface area contributed by atoms with E-state index in [1.165, 1.54) is 19.3 Å². The molecule has 3 N–H and O–H groups in total. The summed E-state index contributed by atoms with van der Waals surface area (Å²) in [4.78, 5) is 0. The normalized spacial score (nSPS) is 41.2. The monoisotopic (exact) mass is 214 g/mol. The van der Waals surface area contributed by atoms with E-state index in [1.54, 1.807) is 7.11 Å². The van der Waals surface area contributed by atoms with Crippen LogP contribution in [-0.2, 0) is 9.47 Å². The summed E-state index contributed by atoms with van der Waals surface area (Å²) in [6.07, 6.45) is 4.96. The van der Waals surface area contributed by atoms with Crippen LogP contribution in [0.5, 0.6) is 0 Å². The van der Waals surface area contributed by atoms with E-state index in [0.717, 1.165) is 19.6 Å². The van der Waals surface area contributed by atoms with Crippen molar-refractivity contribution in [1.82, 2.24) is 5.32 Å². The smallest absolute Gasteiger partial charge is 0.0724 e. The number of ether oxygens (including phenoxy) is 2. The van der Waals surface area contributed by atoms with E-state index in [0.29, 0.717) is 18.8 Å². The third kappa shape index (κ3) is 2.69. The molecule has 3 unspecified atom stereocenters. The van der Waals surface area contributed by atoms with Gasteiger partial charge in [0.25, 0.3) is 0 Å². The highest BCUT2D eigenvalue weighted by atomic mass is 16.5. The van der Waals surface area contributed by atoms with E-state index in [4.69, 9.17) is 15.2 Å². The molecule has 1 aliphatic heterocycles. The Morgan fingerprint density at radius 1 is 1.53 bits per heavy atom. The van der Waals surface area contributed by atoms with Crippen LogP contribution in [0.2, 0.25) is 0 Å². The summed E-state index contributed by atoms with van der Waals surface area (Å²) < 4.78 is 10.8. The molecule has 4 nitrogen and oxygen atoms in total. The van der Waals surface area contributed by atoms with Crippen molar-refractivity contribution < 1.29 is 9.47 Å². The summed E-state index contributed by atoms with van der Waals surface area (Å²) >= 11 is 0. The molecule has 0 aromatic carbocycles. The number of methoxy groups -OCH3 is 1. The minimum Gasteiger partial charge on any atom is -0.380 e. The first-order valence-electron chi connectivity index (χ1n) is 5.86. The quantitative estimate of drug-likeness (QED) is 0.705. The average molecular weight is 214 g/mol. The topological polar surface area (TPSA) is 56.5 Å². The molecule has 0 radical (unpaired) electrons. The van der Waals surface area contributed by atoms with Crippen LogP contribution in [-0.4, -0.2) is 44.6 Å². The second-order valence-electron chi connectivity index (χ2n) is 4.86. The maximum atomic E-state index is 6.20. The first-order chi connectivity index (χ1) is 7.23. The third-order valence-electron chi connectivity index (χ3n) is 3.61. The Morgan fingerprint density at radius 3 is 3.07 bits per heavy atom. The van der Waals surface area contributed by atoms with E-state index in [9.17, 15) is 0 Å². The van der Waals surface area contributed by atoms with E-state index >= 15 is 0 Å². The maximum Gasteiger partial charge on any atom is 0.0724 e. The van der Waals surface area contributed by atoms with E-state index < -0.39 is 0 Å². The Hall–Kier alpha value is -0.160. The number of hydrogen-bond donors (Lipinski definition) is 2. The van der Waals surface area contributed by atoms with Crippen molar-refractivity contribution in [2.75, 3.05) is 26.9 Å². The molecule has 88 valence electrons. The summed E-state index contributed by atoms with van der Waals surface area (Å²) in [7, 11) is 1.79. The summed E-state index contributed by atoms with van der Waals surface area (Å²) in [5, 5.41) is 3.54. The molecular formula is C11H22N2O2. The lowest BCUT2D eigenvalue weighted by atomic mass is 10.00. The fourth-order valence-electron chi connectivity index (χ4n) is 2.54. The molecule has 3 atom stereocenters. The van der Waals surface area contributed by atoms with Crippen molar-refractivity contribution in [3.8, 4) is 0 Å². The summed E-state index contributed by atoms with van der Waals surface area (Å²) in [5.41, 5.74) is 6.04. The van der Waals surface area contributed by atoms with Gasteiger partial charge in [0.2, 0.25) is 0 Å². The maximum absolute atomic E-state index is 6.20. The fraction of sp³-hybridized carbons (Fsp3) is 1.00. The van der Waals surface area contributed by atoms with Gasteiger partial charge < -0.3 is 20.5 Å². The van der Waals surface area contributed by atoms with Crippen LogP contribution in [0.1, 0.15) is 25.7 Å². The number of rotatable bonds is 4. The minimum atomic E-state index is -0.152. The predicted molar refractivity (Wildman–Crippen MR) is 58.8 cm³/mol. The summed E-state index contributed by atoms with van der Waals surface area (Å²) in [6, 6.07) is 0.482. The van der Waals surface area contributed by atoms with Gasteiger partial charge >= 0.3 is 0 Å². The SMILES string of the molecule is COC1CCCC1NCC1(N)CCOC1. The molecule has 0 aromatic heterocycles. The van der Waals surface area contributed by atoms with Crippen molar-refractivity contribution in [3.05, 3.63) is 0 Å². The number of hydrogen-bond acceptors (Lipinski definition) is 4. The van der Waals surface area contributed by atoms with Gasteiger partial charge in [-0.25, -0.2) is 0 Å². The second-order valence-corrected chi connectivity index (χ2v) is 4.86. The summed E-state index contributed by atoms with van der Waals surface area (Å²) in [6.45, 7) is 2.33. The lowest BCUT2D eigenvalue weighted by Gasteiger charge is -2.27. The second kappa shape index (κ2) is 4.78. The lowest BCUT2D eigenvalue weighted by Crippen LogP contribution is -2.53. The predicted octanol–water partition coefficient (Wildman–Crippen LogP) is 0.261. The van der Waals surface area contributed by atoms with Gasteiger partial charge in [-0.3, -0.25) is 0 Å². The molecule has 0 spiro atoms. The minimum absolute atomic E-state index is 0.152. The van der Waals surface area contributed by atoms with E-state index in [2.05, 4.69) is 5.32 Å². The Balaban J connectivity index is 1.77. The molecule has 0 amide bonds. The van der Waals surface area contributed by atoms with Crippen LogP contribution >= 0.6 is 0 Å². The molecule has 2 rings (SSSR count). The van der Waals surface area contributed by atoms with Gasteiger partial charge in [0.15, 0.2) is 0 Å². The molecule has 15 heavy (non-hydrogen) atoms. The highest BCUT2D eigenvalue weighted by molar-refractivity contribution is 4.93. The van der Waals surface area contributed by atoms with Crippen molar-refractivity contribution in [1.29, 1.82) is 0 Å². The largest absolute Gasteiger partial charge is 0.380 e. The standard InChI is InChI=1S/C11H22N2O2/c1-14-10-4-2-3-9(10)13-7-11(12)5-6-15-8-11/h9-10,13H,2-8,12H2,1H3. The van der Waals surface area contributed by atoms with Crippen LogP contribution in [0.25, 0.3) is 0 Å². The summed E-state index contributed by atoms with van der Waals surface area (Å²) in [5.74, 6) is 0. The van der Waals surface area contributed by atoms with Crippen molar-refractivity contribution >= 4 is 0 Å². The Morgan fingerprint density at radius 2 is 2.40 bits per heavy atom. The number of nitrogens with two attached hydrogens (primary N) is 1. The van der Waals surface area contributed by atoms with Crippen molar-refractivity contribution in [3.63, 3.8) is 0 Å². The van der Waals surface area contributed by atoms with Gasteiger partial charge in [0.05, 0.1) is 18.2 Å². The van der Waals surface area contributed by atoms with Gasteiger partial charge in [-0.05, 0) is 25.7 Å². The highest BCUT2D eigenvalue weighted by Gasteiger charge is 2.33. The third-order valence-corrected chi connectivity index (χ3v) is 3.61. The molecule has 1 heterocycles. The molecular weight excluding hydrogens is 192 g/mol. The molecule has 1 saturated heterocycles. The Kier molecular flexibility index (Phi) is 3.61. The van der Waals surface area contributed by atoms with Crippen LogP contribution in [0, 0.1) is 0 Å². The average Bonchev–Trinajstić information content (AvgIpc) is 2.84. The van der Waals surface area contributed by atoms with Crippen LogP contribution in [0.15, 0.2) is 0 Å². The van der Waals surface area contributed by atoms with Crippen LogP contribution < -0.4 is 11.1 Å². The van der Waals surface area contributed by atoms with Crippen molar-refractivity contribution in [2.24, 2.45) is 5.73 Å². The van der Waals surface area contributed by atoms with Crippen LogP contribution in [0.4, 0.5) is 0 Å². The zero-order valence-electron chi connectivity index (χ0n) is 9.50. The first kappa shape index (κ1) is 11.3. The molecule has 0 aromatic rings.